The van der Waals surface area contributed by atoms with E-state index in [4.69, 9.17) is 5.84 Å². The molecule has 1 saturated carbocycles. The molecule has 0 aliphatic heterocycles. The highest BCUT2D eigenvalue weighted by atomic mass is 15.2. The Morgan fingerprint density at radius 1 is 1.16 bits per heavy atom. The van der Waals surface area contributed by atoms with Crippen molar-refractivity contribution in [1.82, 2.24) is 5.43 Å². The van der Waals surface area contributed by atoms with Gasteiger partial charge in [0.2, 0.25) is 0 Å². The van der Waals surface area contributed by atoms with Gasteiger partial charge in [0.25, 0.3) is 0 Å². The predicted octanol–water partition coefficient (Wildman–Crippen LogP) is 3.44. The van der Waals surface area contributed by atoms with Gasteiger partial charge in [0.15, 0.2) is 0 Å². The highest BCUT2D eigenvalue weighted by Gasteiger charge is 2.29. The summed E-state index contributed by atoms with van der Waals surface area (Å²) in [5.41, 5.74) is 5.78. The van der Waals surface area contributed by atoms with E-state index >= 15 is 0 Å². The number of rotatable bonds is 4. The summed E-state index contributed by atoms with van der Waals surface area (Å²) < 4.78 is 0. The maximum absolute atomic E-state index is 5.81. The van der Waals surface area contributed by atoms with E-state index in [1.54, 1.807) is 0 Å². The summed E-state index contributed by atoms with van der Waals surface area (Å²) in [4.78, 5) is 0. The number of nitrogens with two attached hydrogens (primary N) is 1. The minimum atomic E-state index is 0.414. The van der Waals surface area contributed by atoms with Gasteiger partial charge < -0.3 is 0 Å². The average Bonchev–Trinajstić information content (AvgIpc) is 2.41. The van der Waals surface area contributed by atoms with E-state index in [2.05, 4.69) is 50.5 Å². The van der Waals surface area contributed by atoms with Crippen LogP contribution in [0.3, 0.4) is 0 Å². The van der Waals surface area contributed by atoms with Crippen molar-refractivity contribution in [3.05, 3.63) is 35.4 Å². The third-order valence-corrected chi connectivity index (χ3v) is 5.00. The van der Waals surface area contributed by atoms with Crippen LogP contribution in [0.2, 0.25) is 0 Å². The molecule has 2 nitrogen and oxygen atoms in total. The summed E-state index contributed by atoms with van der Waals surface area (Å²) >= 11 is 0. The van der Waals surface area contributed by atoms with Crippen LogP contribution in [-0.4, -0.2) is 6.04 Å². The third kappa shape index (κ3) is 3.80. The number of hydrazine groups is 1. The average molecular weight is 260 g/mol. The van der Waals surface area contributed by atoms with Crippen LogP contribution in [0.15, 0.2) is 24.3 Å². The van der Waals surface area contributed by atoms with Crippen molar-refractivity contribution in [2.45, 2.75) is 52.5 Å². The Morgan fingerprint density at radius 3 is 2.42 bits per heavy atom. The molecule has 0 bridgehead atoms. The predicted molar refractivity (Wildman–Crippen MR) is 81.7 cm³/mol. The largest absolute Gasteiger partial charge is 0.271 e. The lowest BCUT2D eigenvalue weighted by atomic mass is 9.72. The van der Waals surface area contributed by atoms with Crippen molar-refractivity contribution in [2.24, 2.45) is 23.6 Å². The normalized spacial score (nSPS) is 29.2. The molecule has 1 aliphatic carbocycles. The molecular formula is C17H28N2. The lowest BCUT2D eigenvalue weighted by Crippen LogP contribution is -2.44. The summed E-state index contributed by atoms with van der Waals surface area (Å²) in [5.74, 6) is 8.23. The molecule has 0 aromatic heterocycles. The van der Waals surface area contributed by atoms with E-state index in [-0.39, 0.29) is 0 Å². The summed E-state index contributed by atoms with van der Waals surface area (Å²) in [5, 5.41) is 0. The number of hydrogen-bond donors (Lipinski definition) is 2. The van der Waals surface area contributed by atoms with Crippen molar-refractivity contribution in [2.75, 3.05) is 0 Å². The molecule has 19 heavy (non-hydrogen) atoms. The smallest absolute Gasteiger partial charge is 0.0279 e. The molecule has 1 fully saturated rings. The van der Waals surface area contributed by atoms with Gasteiger partial charge in [-0.3, -0.25) is 11.3 Å². The monoisotopic (exact) mass is 260 g/mol. The van der Waals surface area contributed by atoms with Crippen LogP contribution in [0, 0.1) is 24.7 Å². The fraction of sp³-hybridized carbons (Fsp3) is 0.647. The molecule has 2 rings (SSSR count). The summed E-state index contributed by atoms with van der Waals surface area (Å²) in [6.07, 6.45) is 5.01. The van der Waals surface area contributed by atoms with Gasteiger partial charge in [-0.2, -0.15) is 0 Å². The fourth-order valence-electron chi connectivity index (χ4n) is 3.29. The number of benzene rings is 1. The Labute approximate surface area is 117 Å². The zero-order valence-corrected chi connectivity index (χ0v) is 12.5. The molecule has 0 heterocycles. The first-order valence-corrected chi connectivity index (χ1v) is 7.61. The van der Waals surface area contributed by atoms with E-state index in [0.29, 0.717) is 6.04 Å². The van der Waals surface area contributed by atoms with Crippen LogP contribution in [0.1, 0.15) is 44.2 Å². The summed E-state index contributed by atoms with van der Waals surface area (Å²) in [6.45, 7) is 6.90. The molecule has 2 heteroatoms. The van der Waals surface area contributed by atoms with Gasteiger partial charge in [-0.25, -0.2) is 0 Å². The fourth-order valence-corrected chi connectivity index (χ4v) is 3.29. The second-order valence-corrected chi connectivity index (χ2v) is 6.49. The molecule has 3 N–H and O–H groups in total. The molecule has 0 spiro atoms. The first-order chi connectivity index (χ1) is 9.10. The Kier molecular flexibility index (Phi) is 5.00. The zero-order chi connectivity index (χ0) is 13.8. The van der Waals surface area contributed by atoms with Crippen molar-refractivity contribution < 1.29 is 0 Å². The van der Waals surface area contributed by atoms with Crippen molar-refractivity contribution in [1.29, 1.82) is 0 Å². The molecule has 0 amide bonds. The second-order valence-electron chi connectivity index (χ2n) is 6.49. The van der Waals surface area contributed by atoms with Gasteiger partial charge in [0, 0.05) is 6.04 Å². The topological polar surface area (TPSA) is 38.0 Å². The molecular weight excluding hydrogens is 232 g/mol. The SMILES string of the molecule is Cc1ccc(CC(NN)C2CCC(C)C(C)C2)cc1. The summed E-state index contributed by atoms with van der Waals surface area (Å²) in [6, 6.07) is 9.25. The van der Waals surface area contributed by atoms with Crippen LogP contribution in [0.25, 0.3) is 0 Å². The Bertz CT molecular complexity index is 385. The Morgan fingerprint density at radius 2 is 1.84 bits per heavy atom. The third-order valence-electron chi connectivity index (χ3n) is 5.00. The van der Waals surface area contributed by atoms with Gasteiger partial charge in [0.05, 0.1) is 0 Å². The molecule has 106 valence electrons. The molecule has 4 unspecified atom stereocenters. The number of hydrogen-bond acceptors (Lipinski definition) is 2. The van der Waals surface area contributed by atoms with Gasteiger partial charge in [0.1, 0.15) is 0 Å². The maximum Gasteiger partial charge on any atom is 0.0279 e. The molecule has 0 radical (unpaired) electrons. The molecule has 0 saturated heterocycles. The van der Waals surface area contributed by atoms with E-state index in [1.807, 2.05) is 0 Å². The van der Waals surface area contributed by atoms with Gasteiger partial charge in [-0.05, 0) is 49.5 Å². The van der Waals surface area contributed by atoms with Crippen LogP contribution >= 0.6 is 0 Å². The Balaban J connectivity index is 1.98. The van der Waals surface area contributed by atoms with Crippen molar-refractivity contribution in [3.8, 4) is 0 Å². The standard InChI is InChI=1S/C17H28N2/c1-12-4-7-15(8-5-12)11-17(19-18)16-9-6-13(2)14(3)10-16/h4-5,7-8,13-14,16-17,19H,6,9-11,18H2,1-3H3. The molecule has 1 aliphatic rings. The maximum atomic E-state index is 5.81. The quantitative estimate of drug-likeness (QED) is 0.643. The van der Waals surface area contributed by atoms with Crippen LogP contribution in [-0.2, 0) is 6.42 Å². The van der Waals surface area contributed by atoms with E-state index in [9.17, 15) is 0 Å². The minimum absolute atomic E-state index is 0.414. The van der Waals surface area contributed by atoms with Crippen LogP contribution < -0.4 is 11.3 Å². The lowest BCUT2D eigenvalue weighted by Gasteiger charge is -2.36. The van der Waals surface area contributed by atoms with Gasteiger partial charge in [-0.1, -0.05) is 50.1 Å². The molecule has 1 aromatic carbocycles. The van der Waals surface area contributed by atoms with Gasteiger partial charge in [-0.15, -0.1) is 0 Å². The highest BCUT2D eigenvalue weighted by Crippen LogP contribution is 2.35. The minimum Gasteiger partial charge on any atom is -0.271 e. The first kappa shape index (κ1) is 14.5. The van der Waals surface area contributed by atoms with E-state index in [0.717, 1.165) is 24.2 Å². The summed E-state index contributed by atoms with van der Waals surface area (Å²) in [7, 11) is 0. The first-order valence-electron chi connectivity index (χ1n) is 7.61. The van der Waals surface area contributed by atoms with Crippen molar-refractivity contribution >= 4 is 0 Å². The number of nitrogens with one attached hydrogen (secondary N) is 1. The highest BCUT2D eigenvalue weighted by molar-refractivity contribution is 5.22. The van der Waals surface area contributed by atoms with Crippen molar-refractivity contribution in [3.63, 3.8) is 0 Å². The van der Waals surface area contributed by atoms with E-state index in [1.165, 1.54) is 30.4 Å². The number of aryl methyl sites for hydroxylation is 1. The Hall–Kier alpha value is -0.860. The molecule has 1 aromatic rings. The second kappa shape index (κ2) is 6.53. The van der Waals surface area contributed by atoms with Crippen LogP contribution in [0.4, 0.5) is 0 Å². The lowest BCUT2D eigenvalue weighted by molar-refractivity contribution is 0.170. The molecule has 4 atom stereocenters. The van der Waals surface area contributed by atoms with E-state index < -0.39 is 0 Å². The zero-order valence-electron chi connectivity index (χ0n) is 12.5. The van der Waals surface area contributed by atoms with Crippen LogP contribution in [0.5, 0.6) is 0 Å². The van der Waals surface area contributed by atoms with Gasteiger partial charge >= 0.3 is 0 Å².